The number of hydrogen-bond acceptors (Lipinski definition) is 5. The van der Waals surface area contributed by atoms with Crippen molar-refractivity contribution in [3.05, 3.63) is 52.8 Å². The fourth-order valence-electron chi connectivity index (χ4n) is 3.81. The van der Waals surface area contributed by atoms with Gasteiger partial charge in [-0.3, -0.25) is 4.79 Å². The van der Waals surface area contributed by atoms with Crippen LogP contribution in [0.25, 0.3) is 6.08 Å². The molecule has 1 amide bonds. The number of hydrogen-bond donors (Lipinski definition) is 0. The smallest absolute Gasteiger partial charge is 0.246 e. The quantitative estimate of drug-likeness (QED) is 0.722. The summed E-state index contributed by atoms with van der Waals surface area (Å²) in [5.74, 6) is 2.82. The number of halogens is 1. The SMILES string of the molecule is Cc1nc(N2CCCC2)cc(N2CCN(C(=O)/C=C/c3ccc(Cl)cc3)CC2)n1. The molecular formula is C22H26ClN5O. The van der Waals surface area contributed by atoms with Crippen molar-refractivity contribution in [2.75, 3.05) is 49.1 Å². The van der Waals surface area contributed by atoms with Crippen LogP contribution in [0.4, 0.5) is 11.6 Å². The summed E-state index contributed by atoms with van der Waals surface area (Å²) in [4.78, 5) is 28.3. The summed E-state index contributed by atoms with van der Waals surface area (Å²) >= 11 is 5.90. The van der Waals surface area contributed by atoms with Gasteiger partial charge in [-0.25, -0.2) is 9.97 Å². The Morgan fingerprint density at radius 2 is 1.52 bits per heavy atom. The molecule has 0 N–H and O–H groups in total. The van der Waals surface area contributed by atoms with Crippen molar-refractivity contribution in [3.8, 4) is 0 Å². The van der Waals surface area contributed by atoms with E-state index in [9.17, 15) is 4.79 Å². The van der Waals surface area contributed by atoms with Gasteiger partial charge in [-0.1, -0.05) is 23.7 Å². The van der Waals surface area contributed by atoms with Crippen molar-refractivity contribution in [1.82, 2.24) is 14.9 Å². The van der Waals surface area contributed by atoms with Crippen LogP contribution < -0.4 is 9.80 Å². The van der Waals surface area contributed by atoms with Gasteiger partial charge in [-0.2, -0.15) is 0 Å². The van der Waals surface area contributed by atoms with E-state index < -0.39 is 0 Å². The first-order valence-electron chi connectivity index (χ1n) is 10.2. The molecule has 4 rings (SSSR count). The van der Waals surface area contributed by atoms with Crippen LogP contribution in [0.2, 0.25) is 5.02 Å². The van der Waals surface area contributed by atoms with Gasteiger partial charge in [-0.05, 0) is 43.5 Å². The predicted octanol–water partition coefficient (Wildman–Crippen LogP) is 3.40. The number of carbonyl (C=O) groups excluding carboxylic acids is 1. The molecule has 0 atom stereocenters. The van der Waals surface area contributed by atoms with E-state index in [1.54, 1.807) is 6.08 Å². The zero-order valence-corrected chi connectivity index (χ0v) is 17.5. The summed E-state index contributed by atoms with van der Waals surface area (Å²) in [7, 11) is 0. The number of benzene rings is 1. The number of aromatic nitrogens is 2. The monoisotopic (exact) mass is 411 g/mol. The van der Waals surface area contributed by atoms with Gasteiger partial charge < -0.3 is 14.7 Å². The lowest BCUT2D eigenvalue weighted by Gasteiger charge is -2.35. The largest absolute Gasteiger partial charge is 0.356 e. The summed E-state index contributed by atoms with van der Waals surface area (Å²) in [5.41, 5.74) is 0.965. The number of nitrogens with zero attached hydrogens (tertiary/aromatic N) is 5. The average molecular weight is 412 g/mol. The van der Waals surface area contributed by atoms with E-state index in [4.69, 9.17) is 11.6 Å². The lowest BCUT2D eigenvalue weighted by atomic mass is 10.2. The van der Waals surface area contributed by atoms with Gasteiger partial charge in [0.05, 0.1) is 0 Å². The van der Waals surface area contributed by atoms with Crippen LogP contribution in [0.1, 0.15) is 24.2 Å². The Balaban J connectivity index is 1.36. The van der Waals surface area contributed by atoms with E-state index in [0.717, 1.165) is 49.2 Å². The molecule has 2 aliphatic rings. The maximum absolute atomic E-state index is 12.5. The molecule has 2 aliphatic heterocycles. The lowest BCUT2D eigenvalue weighted by molar-refractivity contribution is -0.126. The maximum Gasteiger partial charge on any atom is 0.246 e. The van der Waals surface area contributed by atoms with Gasteiger partial charge >= 0.3 is 0 Å². The third-order valence-corrected chi connectivity index (χ3v) is 5.70. The molecule has 7 heteroatoms. The molecule has 2 fully saturated rings. The van der Waals surface area contributed by atoms with Crippen LogP contribution >= 0.6 is 11.6 Å². The molecule has 2 saturated heterocycles. The number of piperazine rings is 1. The second-order valence-electron chi connectivity index (χ2n) is 7.52. The second kappa shape index (κ2) is 8.82. The summed E-state index contributed by atoms with van der Waals surface area (Å²) in [6, 6.07) is 9.55. The highest BCUT2D eigenvalue weighted by Crippen LogP contribution is 2.23. The predicted molar refractivity (Wildman–Crippen MR) is 117 cm³/mol. The Hall–Kier alpha value is -2.60. The van der Waals surface area contributed by atoms with Crippen molar-refractivity contribution in [2.24, 2.45) is 0 Å². The van der Waals surface area contributed by atoms with Crippen LogP contribution in [0, 0.1) is 6.92 Å². The molecule has 2 aromatic rings. The number of amides is 1. The molecule has 1 aromatic carbocycles. The highest BCUT2D eigenvalue weighted by molar-refractivity contribution is 6.30. The van der Waals surface area contributed by atoms with Gasteiger partial charge in [0.2, 0.25) is 5.91 Å². The Morgan fingerprint density at radius 3 is 2.14 bits per heavy atom. The number of aryl methyl sites for hydroxylation is 1. The molecule has 0 spiro atoms. The number of carbonyl (C=O) groups is 1. The highest BCUT2D eigenvalue weighted by atomic mass is 35.5. The summed E-state index contributed by atoms with van der Waals surface area (Å²) in [6.45, 7) is 7.01. The van der Waals surface area contributed by atoms with E-state index in [0.29, 0.717) is 18.1 Å². The second-order valence-corrected chi connectivity index (χ2v) is 7.96. The fraction of sp³-hybridized carbons (Fsp3) is 0.409. The summed E-state index contributed by atoms with van der Waals surface area (Å²) in [5, 5.41) is 0.692. The third-order valence-electron chi connectivity index (χ3n) is 5.44. The molecule has 6 nitrogen and oxygen atoms in total. The fourth-order valence-corrected chi connectivity index (χ4v) is 3.94. The first kappa shape index (κ1) is 19.7. The molecule has 0 bridgehead atoms. The van der Waals surface area contributed by atoms with Gasteiger partial charge in [0.25, 0.3) is 0 Å². The van der Waals surface area contributed by atoms with Crippen molar-refractivity contribution >= 4 is 35.2 Å². The molecule has 0 saturated carbocycles. The zero-order chi connectivity index (χ0) is 20.2. The molecule has 29 heavy (non-hydrogen) atoms. The van der Waals surface area contributed by atoms with Gasteiger partial charge in [-0.15, -0.1) is 0 Å². The molecule has 0 aliphatic carbocycles. The van der Waals surface area contributed by atoms with Crippen LogP contribution in [0.15, 0.2) is 36.4 Å². The van der Waals surface area contributed by atoms with Gasteiger partial charge in [0.15, 0.2) is 0 Å². The van der Waals surface area contributed by atoms with Crippen LogP contribution in [0.5, 0.6) is 0 Å². The first-order chi connectivity index (χ1) is 14.1. The molecule has 152 valence electrons. The Labute approximate surface area is 176 Å². The number of rotatable bonds is 4. The summed E-state index contributed by atoms with van der Waals surface area (Å²) < 4.78 is 0. The van der Waals surface area contributed by atoms with Crippen molar-refractivity contribution in [2.45, 2.75) is 19.8 Å². The van der Waals surface area contributed by atoms with Crippen molar-refractivity contribution in [1.29, 1.82) is 0 Å². The van der Waals surface area contributed by atoms with E-state index in [-0.39, 0.29) is 5.91 Å². The Kier molecular flexibility index (Phi) is 6.00. The third kappa shape index (κ3) is 4.88. The number of anilines is 2. The molecule has 3 heterocycles. The van der Waals surface area contributed by atoms with Crippen LogP contribution in [-0.2, 0) is 4.79 Å². The minimum Gasteiger partial charge on any atom is -0.356 e. The van der Waals surface area contributed by atoms with Gasteiger partial charge in [0, 0.05) is 56.4 Å². The average Bonchev–Trinajstić information content (AvgIpc) is 3.28. The molecular weight excluding hydrogens is 386 g/mol. The van der Waals surface area contributed by atoms with Crippen molar-refractivity contribution < 1.29 is 4.79 Å². The van der Waals surface area contributed by atoms with E-state index in [1.165, 1.54) is 12.8 Å². The normalized spacial score (nSPS) is 17.4. The van der Waals surface area contributed by atoms with Crippen LogP contribution in [0.3, 0.4) is 0 Å². The van der Waals surface area contributed by atoms with Gasteiger partial charge in [0.1, 0.15) is 17.5 Å². The highest BCUT2D eigenvalue weighted by Gasteiger charge is 2.22. The van der Waals surface area contributed by atoms with Crippen molar-refractivity contribution in [3.63, 3.8) is 0 Å². The molecule has 0 unspecified atom stereocenters. The van der Waals surface area contributed by atoms with E-state index in [1.807, 2.05) is 42.2 Å². The minimum atomic E-state index is 0.0382. The van der Waals surface area contributed by atoms with Crippen LogP contribution in [-0.4, -0.2) is 60.0 Å². The minimum absolute atomic E-state index is 0.0382. The van der Waals surface area contributed by atoms with E-state index in [2.05, 4.69) is 25.8 Å². The zero-order valence-electron chi connectivity index (χ0n) is 16.7. The first-order valence-corrected chi connectivity index (χ1v) is 10.5. The maximum atomic E-state index is 12.5. The topological polar surface area (TPSA) is 52.6 Å². The Morgan fingerprint density at radius 1 is 0.931 bits per heavy atom. The lowest BCUT2D eigenvalue weighted by Crippen LogP contribution is -2.48. The standard InChI is InChI=1S/C22H26ClN5O/c1-17-24-20(26-10-2-3-11-26)16-21(25-17)27-12-14-28(15-13-27)22(29)9-6-18-4-7-19(23)8-5-18/h4-9,16H,2-3,10-15H2,1H3/b9-6+. The Bertz CT molecular complexity index is 885. The molecule has 0 radical (unpaired) electrons. The molecule has 1 aromatic heterocycles. The van der Waals surface area contributed by atoms with E-state index >= 15 is 0 Å². The summed E-state index contributed by atoms with van der Waals surface area (Å²) in [6.07, 6.45) is 5.92.